The number of amides is 1. The molecule has 2 fully saturated rings. The van der Waals surface area contributed by atoms with Crippen LogP contribution in [0.4, 0.5) is 0 Å². The fraction of sp³-hybridized carbons (Fsp3) is 0.909. The lowest BCUT2D eigenvalue weighted by molar-refractivity contribution is -0.146. The summed E-state index contributed by atoms with van der Waals surface area (Å²) in [5, 5.41) is 0. The van der Waals surface area contributed by atoms with Crippen LogP contribution in [0.3, 0.4) is 0 Å². The number of carbonyl (C=O) groups is 1. The van der Waals surface area contributed by atoms with Gasteiger partial charge in [-0.3, -0.25) is 4.79 Å². The van der Waals surface area contributed by atoms with E-state index in [1.54, 1.807) is 0 Å². The first-order chi connectivity index (χ1) is 7.18. The van der Waals surface area contributed by atoms with Gasteiger partial charge in [0.05, 0.1) is 19.3 Å². The number of halogens is 1. The van der Waals surface area contributed by atoms with Crippen molar-refractivity contribution in [2.24, 2.45) is 5.92 Å². The average Bonchev–Trinajstić information content (AvgIpc) is 2.15. The molecule has 0 aromatic heterocycles. The molecule has 0 aromatic rings. The highest BCUT2D eigenvalue weighted by Crippen LogP contribution is 2.30. The van der Waals surface area contributed by atoms with Gasteiger partial charge >= 0.3 is 0 Å². The molecule has 4 heteroatoms. The summed E-state index contributed by atoms with van der Waals surface area (Å²) in [6.07, 6.45) is 4.55. The van der Waals surface area contributed by atoms with Crippen molar-refractivity contribution in [3.8, 4) is 0 Å². The average molecular weight is 323 g/mol. The van der Waals surface area contributed by atoms with E-state index in [-0.39, 0.29) is 5.92 Å². The molecule has 2 aliphatic rings. The van der Waals surface area contributed by atoms with E-state index in [0.717, 1.165) is 30.0 Å². The van der Waals surface area contributed by atoms with E-state index in [1.165, 1.54) is 12.8 Å². The van der Waals surface area contributed by atoms with Crippen LogP contribution in [0.5, 0.6) is 0 Å². The summed E-state index contributed by atoms with van der Waals surface area (Å²) in [7, 11) is 1.92. The number of ether oxygens (including phenoxy) is 1. The highest BCUT2D eigenvalue weighted by Gasteiger charge is 2.32. The van der Waals surface area contributed by atoms with Crippen LogP contribution in [0.25, 0.3) is 0 Å². The second-order valence-electron chi connectivity index (χ2n) is 4.59. The molecule has 1 heterocycles. The summed E-state index contributed by atoms with van der Waals surface area (Å²) >= 11 is 2.49. The highest BCUT2D eigenvalue weighted by atomic mass is 127. The summed E-state index contributed by atoms with van der Waals surface area (Å²) < 4.78 is 5.90. The van der Waals surface area contributed by atoms with Gasteiger partial charge in [-0.25, -0.2) is 0 Å². The molecule has 1 saturated carbocycles. The SMILES string of the molecule is CN(C(=O)C1CCC(I)CC1)C1COC1. The number of rotatable bonds is 2. The summed E-state index contributed by atoms with van der Waals surface area (Å²) in [5.41, 5.74) is 0. The molecular formula is C11H18INO2. The van der Waals surface area contributed by atoms with Crippen molar-refractivity contribution in [2.45, 2.75) is 35.6 Å². The van der Waals surface area contributed by atoms with Crippen LogP contribution in [0.1, 0.15) is 25.7 Å². The van der Waals surface area contributed by atoms with Gasteiger partial charge in [-0.1, -0.05) is 22.6 Å². The predicted molar refractivity (Wildman–Crippen MR) is 67.1 cm³/mol. The molecule has 0 N–H and O–H groups in total. The normalized spacial score (nSPS) is 32.1. The monoisotopic (exact) mass is 323 g/mol. The van der Waals surface area contributed by atoms with Gasteiger partial charge in [0.15, 0.2) is 0 Å². The first-order valence-corrected chi connectivity index (χ1v) is 6.91. The maximum absolute atomic E-state index is 12.1. The molecule has 2 rings (SSSR count). The quantitative estimate of drug-likeness (QED) is 0.573. The van der Waals surface area contributed by atoms with Crippen molar-refractivity contribution < 1.29 is 9.53 Å². The van der Waals surface area contributed by atoms with Gasteiger partial charge < -0.3 is 9.64 Å². The fourth-order valence-electron chi connectivity index (χ4n) is 2.21. The lowest BCUT2D eigenvalue weighted by atomic mass is 9.88. The van der Waals surface area contributed by atoms with Crippen LogP contribution in [-0.2, 0) is 9.53 Å². The van der Waals surface area contributed by atoms with Gasteiger partial charge in [-0.2, -0.15) is 0 Å². The van der Waals surface area contributed by atoms with Crippen molar-refractivity contribution in [3.05, 3.63) is 0 Å². The molecule has 1 aliphatic heterocycles. The Balaban J connectivity index is 1.84. The van der Waals surface area contributed by atoms with Crippen LogP contribution in [0.2, 0.25) is 0 Å². The zero-order valence-electron chi connectivity index (χ0n) is 9.12. The zero-order valence-corrected chi connectivity index (χ0v) is 11.3. The lowest BCUT2D eigenvalue weighted by Gasteiger charge is -2.37. The van der Waals surface area contributed by atoms with Crippen LogP contribution < -0.4 is 0 Å². The molecule has 86 valence electrons. The largest absolute Gasteiger partial charge is 0.377 e. The molecule has 1 saturated heterocycles. The number of carbonyl (C=O) groups excluding carboxylic acids is 1. The lowest BCUT2D eigenvalue weighted by Crippen LogP contribution is -2.51. The van der Waals surface area contributed by atoms with Crippen LogP contribution in [-0.4, -0.2) is 41.0 Å². The maximum atomic E-state index is 12.1. The Bertz CT molecular complexity index is 235. The van der Waals surface area contributed by atoms with Crippen molar-refractivity contribution in [1.29, 1.82) is 0 Å². The molecule has 3 nitrogen and oxygen atoms in total. The van der Waals surface area contributed by atoms with Gasteiger partial charge in [0, 0.05) is 16.9 Å². The molecule has 15 heavy (non-hydrogen) atoms. The summed E-state index contributed by atoms with van der Waals surface area (Å²) in [4.78, 5) is 14.0. The topological polar surface area (TPSA) is 29.5 Å². The Kier molecular flexibility index (Phi) is 3.88. The maximum Gasteiger partial charge on any atom is 0.225 e. The molecule has 0 spiro atoms. The molecule has 0 radical (unpaired) electrons. The number of nitrogens with zero attached hydrogens (tertiary/aromatic N) is 1. The van der Waals surface area contributed by atoms with Crippen molar-refractivity contribution in [2.75, 3.05) is 20.3 Å². The standard InChI is InChI=1S/C11H18INO2/c1-13(10-6-15-7-10)11(14)8-2-4-9(12)5-3-8/h8-10H,2-7H2,1H3. The predicted octanol–water partition coefficient (Wildman–Crippen LogP) is 1.84. The third-order valence-corrected chi connectivity index (χ3v) is 4.77. The third-order valence-electron chi connectivity index (χ3n) is 3.52. The Morgan fingerprint density at radius 3 is 2.33 bits per heavy atom. The smallest absolute Gasteiger partial charge is 0.225 e. The molecule has 0 bridgehead atoms. The summed E-state index contributed by atoms with van der Waals surface area (Å²) in [5.74, 6) is 0.619. The molecular weight excluding hydrogens is 305 g/mol. The van der Waals surface area contributed by atoms with Crippen LogP contribution in [0.15, 0.2) is 0 Å². The molecule has 0 unspecified atom stereocenters. The van der Waals surface area contributed by atoms with E-state index in [1.807, 2.05) is 11.9 Å². The van der Waals surface area contributed by atoms with E-state index in [2.05, 4.69) is 22.6 Å². The second-order valence-corrected chi connectivity index (χ2v) is 6.35. The zero-order chi connectivity index (χ0) is 10.8. The van der Waals surface area contributed by atoms with E-state index in [0.29, 0.717) is 11.9 Å². The first kappa shape index (κ1) is 11.6. The van der Waals surface area contributed by atoms with Gasteiger partial charge in [0.25, 0.3) is 0 Å². The minimum atomic E-state index is 0.279. The molecule has 1 amide bonds. The van der Waals surface area contributed by atoms with E-state index >= 15 is 0 Å². The number of hydrogen-bond donors (Lipinski definition) is 0. The number of hydrogen-bond acceptors (Lipinski definition) is 2. The van der Waals surface area contributed by atoms with Gasteiger partial charge in [-0.05, 0) is 25.7 Å². The van der Waals surface area contributed by atoms with Crippen molar-refractivity contribution in [3.63, 3.8) is 0 Å². The van der Waals surface area contributed by atoms with E-state index in [4.69, 9.17) is 4.74 Å². The Hall–Kier alpha value is 0.160. The fourth-order valence-corrected chi connectivity index (χ4v) is 2.93. The van der Waals surface area contributed by atoms with Gasteiger partial charge in [0.1, 0.15) is 0 Å². The van der Waals surface area contributed by atoms with Gasteiger partial charge in [-0.15, -0.1) is 0 Å². The van der Waals surface area contributed by atoms with Crippen molar-refractivity contribution in [1.82, 2.24) is 4.90 Å². The van der Waals surface area contributed by atoms with Crippen LogP contribution in [0, 0.1) is 5.92 Å². The van der Waals surface area contributed by atoms with Gasteiger partial charge in [0.2, 0.25) is 5.91 Å². The van der Waals surface area contributed by atoms with Crippen molar-refractivity contribution >= 4 is 28.5 Å². The Morgan fingerprint density at radius 1 is 1.27 bits per heavy atom. The Morgan fingerprint density at radius 2 is 1.87 bits per heavy atom. The minimum Gasteiger partial charge on any atom is -0.377 e. The van der Waals surface area contributed by atoms with Crippen LogP contribution >= 0.6 is 22.6 Å². The molecule has 0 aromatic carbocycles. The number of alkyl halides is 1. The molecule has 0 atom stereocenters. The van der Waals surface area contributed by atoms with E-state index < -0.39 is 0 Å². The summed E-state index contributed by atoms with van der Waals surface area (Å²) in [6, 6.07) is 0.342. The first-order valence-electron chi connectivity index (χ1n) is 5.67. The second kappa shape index (κ2) is 4.99. The highest BCUT2D eigenvalue weighted by molar-refractivity contribution is 14.1. The Labute approximate surface area is 105 Å². The summed E-state index contributed by atoms with van der Waals surface area (Å²) in [6.45, 7) is 1.45. The third kappa shape index (κ3) is 2.64. The minimum absolute atomic E-state index is 0.279. The van der Waals surface area contributed by atoms with E-state index in [9.17, 15) is 4.79 Å². The molecule has 1 aliphatic carbocycles. The number of likely N-dealkylation sites (N-methyl/N-ethyl adjacent to an activating group) is 1.